The van der Waals surface area contributed by atoms with Gasteiger partial charge in [-0.05, 0) is 50.9 Å². The van der Waals surface area contributed by atoms with E-state index in [4.69, 9.17) is 9.47 Å². The zero-order chi connectivity index (χ0) is 15.5. The van der Waals surface area contributed by atoms with E-state index >= 15 is 0 Å². The van der Waals surface area contributed by atoms with E-state index in [2.05, 4.69) is 13.8 Å². The predicted molar refractivity (Wildman–Crippen MR) is 79.8 cm³/mol. The van der Waals surface area contributed by atoms with Crippen LogP contribution in [-0.2, 0) is 19.1 Å². The van der Waals surface area contributed by atoms with Gasteiger partial charge in [-0.3, -0.25) is 9.59 Å². The monoisotopic (exact) mass is 296 g/mol. The Morgan fingerprint density at radius 2 is 2.19 bits per heavy atom. The van der Waals surface area contributed by atoms with Crippen molar-refractivity contribution in [2.45, 2.75) is 65.4 Å². The van der Waals surface area contributed by atoms with E-state index in [1.165, 1.54) is 0 Å². The van der Waals surface area contributed by atoms with Gasteiger partial charge in [0.05, 0.1) is 25.7 Å². The minimum atomic E-state index is -0.201. The average molecular weight is 296 g/mol. The number of esters is 1. The van der Waals surface area contributed by atoms with E-state index in [1.807, 2.05) is 0 Å². The highest BCUT2D eigenvalue weighted by Gasteiger charge is 2.52. The van der Waals surface area contributed by atoms with Gasteiger partial charge < -0.3 is 9.47 Å². The van der Waals surface area contributed by atoms with Crippen LogP contribution in [0.4, 0.5) is 0 Å². The predicted octanol–water partition coefficient (Wildman–Crippen LogP) is 3.13. The van der Waals surface area contributed by atoms with Crippen LogP contribution in [0.25, 0.3) is 0 Å². The maximum atomic E-state index is 12.1. The van der Waals surface area contributed by atoms with Gasteiger partial charge >= 0.3 is 5.97 Å². The normalized spacial score (nSPS) is 33.6. The second-order valence-corrected chi connectivity index (χ2v) is 6.69. The number of ether oxygens (including phenoxy) is 2. The van der Waals surface area contributed by atoms with Crippen molar-refractivity contribution in [3.05, 3.63) is 0 Å². The van der Waals surface area contributed by atoms with Crippen LogP contribution in [0.2, 0.25) is 0 Å². The molecule has 0 aliphatic heterocycles. The molecule has 0 bridgehead atoms. The van der Waals surface area contributed by atoms with E-state index in [0.29, 0.717) is 31.3 Å². The summed E-state index contributed by atoms with van der Waals surface area (Å²) in [5, 5.41) is 0. The second kappa shape index (κ2) is 6.91. The fourth-order valence-electron chi connectivity index (χ4n) is 4.42. The van der Waals surface area contributed by atoms with Crippen molar-refractivity contribution in [2.75, 3.05) is 13.2 Å². The van der Waals surface area contributed by atoms with E-state index in [1.54, 1.807) is 6.92 Å². The van der Waals surface area contributed by atoms with Gasteiger partial charge in [0.25, 0.3) is 0 Å². The summed E-state index contributed by atoms with van der Waals surface area (Å²) < 4.78 is 10.8. The number of rotatable bonds is 6. The Morgan fingerprint density at radius 1 is 1.43 bits per heavy atom. The Hall–Kier alpha value is -0.900. The van der Waals surface area contributed by atoms with Crippen LogP contribution in [0, 0.1) is 17.3 Å². The highest BCUT2D eigenvalue weighted by molar-refractivity contribution is 5.83. The van der Waals surface area contributed by atoms with E-state index in [9.17, 15) is 9.59 Å². The molecule has 4 heteroatoms. The lowest BCUT2D eigenvalue weighted by Crippen LogP contribution is -2.41. The molecule has 2 rings (SSSR count). The minimum absolute atomic E-state index is 0.0959. The highest BCUT2D eigenvalue weighted by atomic mass is 16.5. The first-order valence-electron chi connectivity index (χ1n) is 8.29. The third-order valence-corrected chi connectivity index (χ3v) is 5.50. The van der Waals surface area contributed by atoms with Gasteiger partial charge in [-0.1, -0.05) is 6.92 Å². The van der Waals surface area contributed by atoms with E-state index < -0.39 is 0 Å². The van der Waals surface area contributed by atoms with Crippen LogP contribution in [0.1, 0.15) is 59.3 Å². The number of hydrogen-bond donors (Lipinski definition) is 0. The van der Waals surface area contributed by atoms with Gasteiger partial charge in [-0.2, -0.15) is 0 Å². The van der Waals surface area contributed by atoms with Crippen molar-refractivity contribution in [2.24, 2.45) is 17.3 Å². The molecule has 120 valence electrons. The van der Waals surface area contributed by atoms with Crippen LogP contribution < -0.4 is 0 Å². The maximum absolute atomic E-state index is 12.1. The number of hydrogen-bond acceptors (Lipinski definition) is 4. The molecule has 2 fully saturated rings. The third kappa shape index (κ3) is 3.47. The lowest BCUT2D eigenvalue weighted by atomic mass is 9.64. The Kier molecular flexibility index (Phi) is 5.42. The van der Waals surface area contributed by atoms with Crippen LogP contribution in [0.5, 0.6) is 0 Å². The molecule has 0 N–H and O–H groups in total. The molecule has 4 unspecified atom stereocenters. The molecular formula is C17H28O4. The van der Waals surface area contributed by atoms with Crippen molar-refractivity contribution in [3.63, 3.8) is 0 Å². The molecule has 0 aromatic heterocycles. The van der Waals surface area contributed by atoms with Gasteiger partial charge in [0.1, 0.15) is 5.78 Å². The summed E-state index contributed by atoms with van der Waals surface area (Å²) in [6, 6.07) is 0. The van der Waals surface area contributed by atoms with Crippen LogP contribution in [0.15, 0.2) is 0 Å². The number of carbonyl (C=O) groups is 2. The largest absolute Gasteiger partial charge is 0.466 e. The van der Waals surface area contributed by atoms with Crippen LogP contribution in [-0.4, -0.2) is 31.1 Å². The molecule has 4 nitrogen and oxygen atoms in total. The van der Waals surface area contributed by atoms with Gasteiger partial charge in [0.15, 0.2) is 0 Å². The number of Topliss-reactive ketones (excluding diaryl/α,β-unsaturated/α-hetero) is 1. The maximum Gasteiger partial charge on any atom is 0.308 e. The lowest BCUT2D eigenvalue weighted by molar-refractivity contribution is -0.145. The summed E-state index contributed by atoms with van der Waals surface area (Å²) in [4.78, 5) is 23.5. The standard InChI is InChI=1S/C17H28O4/c1-4-20-16(19)9-11-21-12(2)13-7-8-14-15(18)6-5-10-17(13,14)3/h12-14H,4-11H2,1-3H3. The first-order valence-corrected chi connectivity index (χ1v) is 8.29. The summed E-state index contributed by atoms with van der Waals surface area (Å²) >= 11 is 0. The molecular weight excluding hydrogens is 268 g/mol. The van der Waals surface area contributed by atoms with Crippen molar-refractivity contribution in [3.8, 4) is 0 Å². The first kappa shape index (κ1) is 16.5. The summed E-state index contributed by atoms with van der Waals surface area (Å²) in [6.45, 7) is 6.98. The molecule has 21 heavy (non-hydrogen) atoms. The van der Waals surface area contributed by atoms with Crippen molar-refractivity contribution in [1.29, 1.82) is 0 Å². The zero-order valence-corrected chi connectivity index (χ0v) is 13.5. The molecule has 4 atom stereocenters. The molecule has 0 radical (unpaired) electrons. The molecule has 0 spiro atoms. The third-order valence-electron chi connectivity index (χ3n) is 5.50. The number of carbonyl (C=O) groups excluding carboxylic acids is 2. The second-order valence-electron chi connectivity index (χ2n) is 6.69. The molecule has 0 aromatic rings. The summed E-state index contributed by atoms with van der Waals surface area (Å²) in [7, 11) is 0. The average Bonchev–Trinajstić information content (AvgIpc) is 2.77. The Balaban J connectivity index is 1.86. The molecule has 0 amide bonds. The quantitative estimate of drug-likeness (QED) is 0.707. The SMILES string of the molecule is CCOC(=O)CCOC(C)C1CCC2C(=O)CCCC21C. The molecule has 0 heterocycles. The van der Waals surface area contributed by atoms with Crippen LogP contribution >= 0.6 is 0 Å². The minimum Gasteiger partial charge on any atom is -0.466 e. The molecule has 2 aliphatic carbocycles. The molecule has 0 aromatic carbocycles. The number of ketones is 1. The fourth-order valence-corrected chi connectivity index (χ4v) is 4.42. The van der Waals surface area contributed by atoms with Crippen molar-refractivity contribution in [1.82, 2.24) is 0 Å². The van der Waals surface area contributed by atoms with Gasteiger partial charge in [-0.25, -0.2) is 0 Å². The topological polar surface area (TPSA) is 52.6 Å². The molecule has 2 aliphatic rings. The summed E-state index contributed by atoms with van der Waals surface area (Å²) in [5.74, 6) is 0.902. The fraction of sp³-hybridized carbons (Fsp3) is 0.882. The van der Waals surface area contributed by atoms with Crippen LogP contribution in [0.3, 0.4) is 0 Å². The summed E-state index contributed by atoms with van der Waals surface area (Å²) in [5.41, 5.74) is 0.0959. The van der Waals surface area contributed by atoms with E-state index in [-0.39, 0.29) is 23.4 Å². The van der Waals surface area contributed by atoms with Crippen molar-refractivity contribution < 1.29 is 19.1 Å². The van der Waals surface area contributed by atoms with Gasteiger partial charge in [-0.15, -0.1) is 0 Å². The first-order chi connectivity index (χ1) is 9.99. The zero-order valence-electron chi connectivity index (χ0n) is 13.5. The smallest absolute Gasteiger partial charge is 0.308 e. The Labute approximate surface area is 127 Å². The number of fused-ring (bicyclic) bond motifs is 1. The van der Waals surface area contributed by atoms with Gasteiger partial charge in [0, 0.05) is 12.3 Å². The Morgan fingerprint density at radius 3 is 2.90 bits per heavy atom. The summed E-state index contributed by atoms with van der Waals surface area (Å²) in [6.07, 6.45) is 5.37. The van der Waals surface area contributed by atoms with Gasteiger partial charge in [0.2, 0.25) is 0 Å². The lowest BCUT2D eigenvalue weighted by Gasteiger charge is -2.41. The molecule has 0 saturated heterocycles. The van der Waals surface area contributed by atoms with E-state index in [0.717, 1.165) is 32.1 Å². The molecule has 2 saturated carbocycles. The van der Waals surface area contributed by atoms with Crippen molar-refractivity contribution >= 4 is 11.8 Å². The Bertz CT molecular complexity index is 392. The highest BCUT2D eigenvalue weighted by Crippen LogP contribution is 2.55.